The molecule has 1 aromatic heterocycles. The Morgan fingerprint density at radius 1 is 1.10 bits per heavy atom. The van der Waals surface area contributed by atoms with E-state index in [9.17, 15) is 26.4 Å². The minimum absolute atomic E-state index is 0.0339. The Hall–Kier alpha value is -2.50. The molecule has 0 aliphatic carbocycles. The molecule has 0 bridgehead atoms. The highest BCUT2D eigenvalue weighted by atomic mass is 32.2. The number of halogens is 3. The van der Waals surface area contributed by atoms with Crippen LogP contribution in [0.1, 0.15) is 15.9 Å². The van der Waals surface area contributed by atoms with Gasteiger partial charge in [0.1, 0.15) is 5.52 Å². The maximum Gasteiger partial charge on any atom is 0.416 e. The molecule has 0 saturated carbocycles. The quantitative estimate of drug-likeness (QED) is 0.545. The lowest BCUT2D eigenvalue weighted by molar-refractivity contribution is -0.137. The Kier molecular flexibility index (Phi) is 6.40. The van der Waals surface area contributed by atoms with Crippen molar-refractivity contribution in [1.29, 1.82) is 0 Å². The second-order valence-corrected chi connectivity index (χ2v) is 10.2. The topological polar surface area (TPSA) is 70.6 Å². The first-order chi connectivity index (χ1) is 14.4. The number of thiazole rings is 1. The SMILES string of the molecule is CN(C)CCN(C(=O)c1cccc(C(F)(F)F)c1)c1nc2c(S(C)(=O)=O)cccc2s1. The van der Waals surface area contributed by atoms with Crippen molar-refractivity contribution < 1.29 is 26.4 Å². The molecule has 31 heavy (non-hydrogen) atoms. The number of fused-ring (bicyclic) bond motifs is 1. The van der Waals surface area contributed by atoms with Crippen LogP contribution in [-0.4, -0.2) is 57.6 Å². The zero-order valence-electron chi connectivity index (χ0n) is 17.0. The van der Waals surface area contributed by atoms with Crippen molar-refractivity contribution in [2.45, 2.75) is 11.1 Å². The summed E-state index contributed by atoms with van der Waals surface area (Å²) in [7, 11) is 0.0429. The highest BCUT2D eigenvalue weighted by Crippen LogP contribution is 2.34. The summed E-state index contributed by atoms with van der Waals surface area (Å²) in [5.74, 6) is -0.645. The summed E-state index contributed by atoms with van der Waals surface area (Å²) in [4.78, 5) is 20.7. The second-order valence-electron chi connectivity index (χ2n) is 7.21. The number of benzene rings is 2. The van der Waals surface area contributed by atoms with Gasteiger partial charge in [-0.15, -0.1) is 0 Å². The van der Waals surface area contributed by atoms with E-state index in [0.29, 0.717) is 11.2 Å². The number of carbonyl (C=O) groups excluding carboxylic acids is 1. The molecule has 1 heterocycles. The van der Waals surface area contributed by atoms with Gasteiger partial charge in [-0.05, 0) is 44.4 Å². The summed E-state index contributed by atoms with van der Waals surface area (Å²) in [6, 6.07) is 8.90. The molecule has 6 nitrogen and oxygen atoms in total. The second kappa shape index (κ2) is 8.56. The predicted octanol–water partition coefficient (Wildman–Crippen LogP) is 3.93. The van der Waals surface area contributed by atoms with Gasteiger partial charge in [-0.2, -0.15) is 13.2 Å². The molecule has 1 amide bonds. The normalized spacial score (nSPS) is 12.5. The molecule has 3 rings (SSSR count). The van der Waals surface area contributed by atoms with E-state index in [0.717, 1.165) is 29.7 Å². The molecule has 0 saturated heterocycles. The number of alkyl halides is 3. The lowest BCUT2D eigenvalue weighted by Gasteiger charge is -2.22. The van der Waals surface area contributed by atoms with Gasteiger partial charge in [-0.1, -0.05) is 23.5 Å². The molecule has 0 N–H and O–H groups in total. The number of amides is 1. The average Bonchev–Trinajstić information content (AvgIpc) is 3.10. The summed E-state index contributed by atoms with van der Waals surface area (Å²) in [5, 5.41) is 0.218. The lowest BCUT2D eigenvalue weighted by Crippen LogP contribution is -2.36. The smallest absolute Gasteiger partial charge is 0.308 e. The highest BCUT2D eigenvalue weighted by Gasteiger charge is 2.32. The maximum atomic E-state index is 13.2. The van der Waals surface area contributed by atoms with Crippen molar-refractivity contribution in [3.63, 3.8) is 0 Å². The highest BCUT2D eigenvalue weighted by molar-refractivity contribution is 7.91. The summed E-state index contributed by atoms with van der Waals surface area (Å²) in [6.07, 6.45) is -3.51. The van der Waals surface area contributed by atoms with Crippen LogP contribution in [0.15, 0.2) is 47.4 Å². The molecule has 0 spiro atoms. The first kappa shape index (κ1) is 23.2. The van der Waals surface area contributed by atoms with Gasteiger partial charge < -0.3 is 4.90 Å². The third-order valence-electron chi connectivity index (χ3n) is 4.45. The third kappa shape index (κ3) is 5.23. The Balaban J connectivity index is 2.09. The zero-order chi connectivity index (χ0) is 23.0. The number of likely N-dealkylation sites (N-methyl/N-ethyl adjacent to an activating group) is 1. The average molecular weight is 472 g/mol. The van der Waals surface area contributed by atoms with Gasteiger partial charge in [0.05, 0.1) is 15.2 Å². The van der Waals surface area contributed by atoms with Crippen LogP contribution >= 0.6 is 11.3 Å². The standard InChI is InChI=1S/C20H20F3N3O3S2/c1-25(2)10-11-26(18(27)13-6-4-7-14(12-13)20(21,22)23)19-24-17-15(30-19)8-5-9-16(17)31(3,28)29/h4-9,12H,10-11H2,1-3H3. The van der Waals surface area contributed by atoms with E-state index in [2.05, 4.69) is 4.98 Å². The van der Waals surface area contributed by atoms with E-state index in [4.69, 9.17) is 0 Å². The number of nitrogens with zero attached hydrogens (tertiary/aromatic N) is 3. The summed E-state index contributed by atoms with van der Waals surface area (Å²) < 4.78 is 64.1. The van der Waals surface area contributed by atoms with Crippen molar-refractivity contribution in [1.82, 2.24) is 9.88 Å². The molecule has 0 aliphatic heterocycles. The monoisotopic (exact) mass is 471 g/mol. The van der Waals surface area contributed by atoms with Crippen LogP contribution < -0.4 is 4.90 Å². The predicted molar refractivity (Wildman–Crippen MR) is 114 cm³/mol. The van der Waals surface area contributed by atoms with E-state index in [1.165, 1.54) is 23.1 Å². The summed E-state index contributed by atoms with van der Waals surface area (Å²) in [5.41, 5.74) is -0.817. The Morgan fingerprint density at radius 3 is 2.39 bits per heavy atom. The van der Waals surface area contributed by atoms with E-state index < -0.39 is 27.5 Å². The molecular formula is C20H20F3N3O3S2. The number of rotatable bonds is 6. The lowest BCUT2D eigenvalue weighted by atomic mass is 10.1. The largest absolute Gasteiger partial charge is 0.416 e. The number of para-hydroxylation sites is 1. The molecule has 11 heteroatoms. The summed E-state index contributed by atoms with van der Waals surface area (Å²) in [6.45, 7) is 0.593. The van der Waals surface area contributed by atoms with Gasteiger partial charge in [0.2, 0.25) is 0 Å². The Bertz CT molecular complexity index is 1220. The van der Waals surface area contributed by atoms with Crippen molar-refractivity contribution >= 4 is 42.4 Å². The Labute approximate surface area is 181 Å². The molecule has 2 aromatic carbocycles. The van der Waals surface area contributed by atoms with Gasteiger partial charge in [0.25, 0.3) is 5.91 Å². The number of aromatic nitrogens is 1. The first-order valence-electron chi connectivity index (χ1n) is 9.11. The van der Waals surface area contributed by atoms with E-state index in [1.54, 1.807) is 26.2 Å². The van der Waals surface area contributed by atoms with Crippen molar-refractivity contribution in [3.05, 3.63) is 53.6 Å². The van der Waals surface area contributed by atoms with Crippen LogP contribution in [0.4, 0.5) is 18.3 Å². The number of carbonyl (C=O) groups is 1. The molecule has 0 unspecified atom stereocenters. The van der Waals surface area contributed by atoms with Crippen LogP contribution in [0.2, 0.25) is 0 Å². The fraction of sp³-hybridized carbons (Fsp3) is 0.300. The molecule has 0 fully saturated rings. The minimum atomic E-state index is -4.58. The van der Waals surface area contributed by atoms with Crippen molar-refractivity contribution in [3.8, 4) is 0 Å². The molecule has 3 aromatic rings. The molecular weight excluding hydrogens is 451 g/mol. The van der Waals surface area contributed by atoms with Crippen LogP contribution in [0.3, 0.4) is 0 Å². The van der Waals surface area contributed by atoms with Gasteiger partial charge in [-0.25, -0.2) is 13.4 Å². The van der Waals surface area contributed by atoms with Gasteiger partial charge in [0, 0.05) is 24.9 Å². The van der Waals surface area contributed by atoms with E-state index in [1.807, 2.05) is 4.90 Å². The first-order valence-corrected chi connectivity index (χ1v) is 11.8. The fourth-order valence-corrected chi connectivity index (χ4v) is 4.81. The minimum Gasteiger partial charge on any atom is -0.308 e. The maximum absolute atomic E-state index is 13.2. The number of hydrogen-bond donors (Lipinski definition) is 0. The van der Waals surface area contributed by atoms with Crippen LogP contribution in [-0.2, 0) is 16.0 Å². The van der Waals surface area contributed by atoms with Crippen LogP contribution in [0, 0.1) is 0 Å². The van der Waals surface area contributed by atoms with Crippen molar-refractivity contribution in [2.75, 3.05) is 38.3 Å². The number of hydrogen-bond acceptors (Lipinski definition) is 6. The molecule has 0 atom stereocenters. The van der Waals surface area contributed by atoms with Gasteiger partial charge in [-0.3, -0.25) is 9.69 Å². The number of sulfone groups is 1. The molecule has 0 aliphatic rings. The fourth-order valence-electron chi connectivity index (χ4n) is 2.89. The van der Waals surface area contributed by atoms with Crippen LogP contribution in [0.5, 0.6) is 0 Å². The molecule has 166 valence electrons. The van der Waals surface area contributed by atoms with E-state index in [-0.39, 0.29) is 27.7 Å². The van der Waals surface area contributed by atoms with Crippen LogP contribution in [0.25, 0.3) is 10.2 Å². The third-order valence-corrected chi connectivity index (χ3v) is 6.63. The van der Waals surface area contributed by atoms with E-state index >= 15 is 0 Å². The van der Waals surface area contributed by atoms with Crippen molar-refractivity contribution in [2.24, 2.45) is 0 Å². The van der Waals surface area contributed by atoms with Gasteiger partial charge >= 0.3 is 6.18 Å². The molecule has 0 radical (unpaired) electrons. The zero-order valence-corrected chi connectivity index (χ0v) is 18.6. The van der Waals surface area contributed by atoms with Gasteiger partial charge in [0.15, 0.2) is 15.0 Å². The number of anilines is 1. The summed E-state index contributed by atoms with van der Waals surface area (Å²) >= 11 is 1.11. The Morgan fingerprint density at radius 2 is 1.77 bits per heavy atom.